The van der Waals surface area contributed by atoms with Gasteiger partial charge in [0.2, 0.25) is 5.91 Å². The van der Waals surface area contributed by atoms with E-state index in [4.69, 9.17) is 13.9 Å². The number of thiazole rings is 1. The summed E-state index contributed by atoms with van der Waals surface area (Å²) in [7, 11) is 1.63. The zero-order chi connectivity index (χ0) is 25.0. The maximum absolute atomic E-state index is 13.9. The van der Waals surface area contributed by atoms with Crippen molar-refractivity contribution >= 4 is 23.2 Å². The van der Waals surface area contributed by atoms with Crippen molar-refractivity contribution in [3.63, 3.8) is 0 Å². The van der Waals surface area contributed by atoms with E-state index in [0.717, 1.165) is 58.4 Å². The number of ether oxygens (including phenoxy) is 2. The molecule has 2 aromatic heterocycles. The normalized spacial score (nSPS) is 13.9. The van der Waals surface area contributed by atoms with E-state index in [1.165, 1.54) is 11.3 Å². The highest BCUT2D eigenvalue weighted by Gasteiger charge is 2.53. The molecule has 3 aromatic rings. The van der Waals surface area contributed by atoms with Gasteiger partial charge < -0.3 is 18.8 Å². The zero-order valence-corrected chi connectivity index (χ0v) is 21.6. The van der Waals surface area contributed by atoms with Crippen molar-refractivity contribution < 1.29 is 23.5 Å². The minimum absolute atomic E-state index is 0.101. The van der Waals surface area contributed by atoms with E-state index in [9.17, 15) is 9.59 Å². The Morgan fingerprint density at radius 2 is 1.89 bits per heavy atom. The number of furan rings is 1. The Bertz CT molecular complexity index is 1180. The molecule has 0 radical (unpaired) electrons. The number of carbonyl (C=O) groups is 2. The molecular formula is C27H32N2O5S. The molecule has 0 bridgehead atoms. The number of rotatable bonds is 11. The van der Waals surface area contributed by atoms with Gasteiger partial charge in [-0.1, -0.05) is 12.1 Å². The third kappa shape index (κ3) is 5.59. The van der Waals surface area contributed by atoms with Crippen LogP contribution < -0.4 is 4.74 Å². The van der Waals surface area contributed by atoms with E-state index in [1.54, 1.807) is 14.0 Å². The predicted molar refractivity (Wildman–Crippen MR) is 134 cm³/mol. The second kappa shape index (κ2) is 10.6. The summed E-state index contributed by atoms with van der Waals surface area (Å²) in [4.78, 5) is 33.4. The van der Waals surface area contributed by atoms with Crippen LogP contribution in [0.2, 0.25) is 0 Å². The van der Waals surface area contributed by atoms with E-state index in [2.05, 4.69) is 4.98 Å². The summed E-state index contributed by atoms with van der Waals surface area (Å²) in [6, 6.07) is 11.7. The number of methoxy groups -OCH3 is 1. The molecule has 0 aliphatic heterocycles. The molecule has 35 heavy (non-hydrogen) atoms. The highest BCUT2D eigenvalue weighted by Crippen LogP contribution is 2.50. The lowest BCUT2D eigenvalue weighted by Gasteiger charge is -2.27. The Morgan fingerprint density at radius 3 is 2.49 bits per heavy atom. The molecule has 186 valence electrons. The van der Waals surface area contributed by atoms with Crippen molar-refractivity contribution in [1.82, 2.24) is 9.88 Å². The van der Waals surface area contributed by atoms with Crippen molar-refractivity contribution in [2.24, 2.45) is 0 Å². The van der Waals surface area contributed by atoms with Gasteiger partial charge in [-0.25, -0.2) is 9.78 Å². The number of aryl methyl sites for hydroxylation is 3. The van der Waals surface area contributed by atoms with Crippen molar-refractivity contribution in [2.45, 2.75) is 58.4 Å². The fourth-order valence-electron chi connectivity index (χ4n) is 4.35. The second-order valence-corrected chi connectivity index (χ2v) is 10.2. The number of amides is 1. The van der Waals surface area contributed by atoms with E-state index in [1.807, 2.05) is 55.1 Å². The lowest BCUT2D eigenvalue weighted by atomic mass is 9.94. The van der Waals surface area contributed by atoms with E-state index >= 15 is 0 Å². The average molecular weight is 497 g/mol. The summed E-state index contributed by atoms with van der Waals surface area (Å²) < 4.78 is 16.1. The quantitative estimate of drug-likeness (QED) is 0.338. The standard InChI is InChI=1S/C27H32N2O5S/c1-5-33-25(30)24-19(3)35-23(28-24)17-29(16-6-7-22-11-8-18(2)34-22)26(31)27(14-15-27)20-9-12-21(32-4)13-10-20/h8-13H,5-7,14-17H2,1-4H3. The van der Waals surface area contributed by atoms with Gasteiger partial charge in [0.15, 0.2) is 5.69 Å². The van der Waals surface area contributed by atoms with Crippen molar-refractivity contribution in [2.75, 3.05) is 20.3 Å². The largest absolute Gasteiger partial charge is 0.497 e. The smallest absolute Gasteiger partial charge is 0.358 e. The zero-order valence-electron chi connectivity index (χ0n) is 20.8. The van der Waals surface area contributed by atoms with Crippen LogP contribution in [0.3, 0.4) is 0 Å². The first-order chi connectivity index (χ1) is 16.9. The lowest BCUT2D eigenvalue weighted by molar-refractivity contribution is -0.134. The number of hydrogen-bond donors (Lipinski definition) is 0. The van der Waals surface area contributed by atoms with Gasteiger partial charge in [-0.2, -0.15) is 0 Å². The molecule has 1 saturated carbocycles. The van der Waals surface area contributed by atoms with Gasteiger partial charge in [-0.05, 0) is 69.9 Å². The summed E-state index contributed by atoms with van der Waals surface area (Å²) in [5.74, 6) is 2.25. The van der Waals surface area contributed by atoms with E-state index in [0.29, 0.717) is 25.4 Å². The molecule has 7 nitrogen and oxygen atoms in total. The number of aromatic nitrogens is 1. The number of esters is 1. The summed E-state index contributed by atoms with van der Waals surface area (Å²) in [6.45, 7) is 6.79. The van der Waals surface area contributed by atoms with Gasteiger partial charge in [0.05, 0.1) is 25.7 Å². The van der Waals surface area contributed by atoms with Gasteiger partial charge in [-0.3, -0.25) is 4.79 Å². The van der Waals surface area contributed by atoms with Gasteiger partial charge in [0.1, 0.15) is 22.3 Å². The SMILES string of the molecule is CCOC(=O)c1nc(CN(CCCc2ccc(C)o2)C(=O)C2(c3ccc(OC)cc3)CC2)sc1C. The molecule has 1 aliphatic carbocycles. The first-order valence-corrected chi connectivity index (χ1v) is 12.8. The molecule has 1 fully saturated rings. The molecular weight excluding hydrogens is 464 g/mol. The third-order valence-electron chi connectivity index (χ3n) is 6.37. The Balaban J connectivity index is 1.54. The van der Waals surface area contributed by atoms with Crippen LogP contribution in [0.5, 0.6) is 5.75 Å². The minimum atomic E-state index is -0.510. The Morgan fingerprint density at radius 1 is 1.14 bits per heavy atom. The highest BCUT2D eigenvalue weighted by molar-refractivity contribution is 7.11. The van der Waals surface area contributed by atoms with Gasteiger partial charge >= 0.3 is 5.97 Å². The Kier molecular flexibility index (Phi) is 7.60. The topological polar surface area (TPSA) is 81.9 Å². The first kappa shape index (κ1) is 25.0. The Labute approximate surface area is 210 Å². The van der Waals surface area contributed by atoms with Crippen LogP contribution in [0, 0.1) is 13.8 Å². The summed E-state index contributed by atoms with van der Waals surface area (Å²) in [5, 5.41) is 0.735. The molecule has 4 rings (SSSR count). The summed E-state index contributed by atoms with van der Waals surface area (Å²) >= 11 is 1.44. The molecule has 8 heteroatoms. The minimum Gasteiger partial charge on any atom is -0.497 e. The molecule has 1 amide bonds. The van der Waals surface area contributed by atoms with Gasteiger partial charge in [-0.15, -0.1) is 11.3 Å². The van der Waals surface area contributed by atoms with E-state index < -0.39 is 11.4 Å². The summed E-state index contributed by atoms with van der Waals surface area (Å²) in [5.41, 5.74) is 0.836. The van der Waals surface area contributed by atoms with Crippen molar-refractivity contribution in [3.8, 4) is 5.75 Å². The Hall–Kier alpha value is -3.13. The maximum atomic E-state index is 13.9. The van der Waals surface area contributed by atoms with Crippen LogP contribution in [0.15, 0.2) is 40.8 Å². The average Bonchev–Trinajstić information content (AvgIpc) is 3.43. The van der Waals surface area contributed by atoms with Crippen LogP contribution in [-0.2, 0) is 27.9 Å². The fourth-order valence-corrected chi connectivity index (χ4v) is 5.29. The van der Waals surface area contributed by atoms with Crippen LogP contribution in [0.1, 0.15) is 63.6 Å². The molecule has 0 atom stereocenters. The first-order valence-electron chi connectivity index (χ1n) is 12.0. The van der Waals surface area contributed by atoms with Crippen molar-refractivity contribution in [1.29, 1.82) is 0 Å². The van der Waals surface area contributed by atoms with Gasteiger partial charge in [0, 0.05) is 17.8 Å². The second-order valence-electron chi connectivity index (χ2n) is 8.89. The predicted octanol–water partition coefficient (Wildman–Crippen LogP) is 5.23. The molecule has 0 saturated heterocycles. The third-order valence-corrected chi connectivity index (χ3v) is 7.33. The molecule has 0 N–H and O–H groups in total. The number of benzene rings is 1. The number of carbonyl (C=O) groups excluding carboxylic acids is 2. The molecule has 1 aromatic carbocycles. The lowest BCUT2D eigenvalue weighted by Crippen LogP contribution is -2.39. The van der Waals surface area contributed by atoms with E-state index in [-0.39, 0.29) is 5.91 Å². The van der Waals surface area contributed by atoms with Crippen LogP contribution >= 0.6 is 11.3 Å². The monoisotopic (exact) mass is 496 g/mol. The highest BCUT2D eigenvalue weighted by atomic mass is 32.1. The molecule has 2 heterocycles. The van der Waals surface area contributed by atoms with Crippen molar-refractivity contribution in [3.05, 3.63) is 69.1 Å². The van der Waals surface area contributed by atoms with Gasteiger partial charge in [0.25, 0.3) is 0 Å². The maximum Gasteiger partial charge on any atom is 0.358 e. The number of nitrogens with zero attached hydrogens (tertiary/aromatic N) is 2. The van der Waals surface area contributed by atoms with Crippen LogP contribution in [0.25, 0.3) is 0 Å². The molecule has 0 unspecified atom stereocenters. The summed E-state index contributed by atoms with van der Waals surface area (Å²) in [6.07, 6.45) is 3.15. The van der Waals surface area contributed by atoms with Crippen LogP contribution in [-0.4, -0.2) is 42.0 Å². The van der Waals surface area contributed by atoms with Crippen LogP contribution in [0.4, 0.5) is 0 Å². The molecule has 1 aliphatic rings. The molecule has 0 spiro atoms. The number of hydrogen-bond acceptors (Lipinski definition) is 7. The fraction of sp³-hybridized carbons (Fsp3) is 0.444.